The van der Waals surface area contributed by atoms with Crippen molar-refractivity contribution in [3.05, 3.63) is 59.9 Å². The Kier molecular flexibility index (Phi) is 3.16. The number of hydrogen-bond acceptors (Lipinski definition) is 2. The number of aromatic amines is 1. The molecule has 1 aliphatic heterocycles. The standard InChI is InChI=1S/C17H12ClN3O2/c18-11-4-3-5-12(8-11)21-16(22)9-15(17(21)23)20-10-19-13-6-1-2-7-14(13)20/h1-8,10,15H,9H2/p+1. The van der Waals surface area contributed by atoms with Crippen LogP contribution in [0, 0.1) is 0 Å². The van der Waals surface area contributed by atoms with Crippen molar-refractivity contribution in [2.24, 2.45) is 0 Å². The number of halogens is 1. The number of imide groups is 1. The average molecular weight is 327 g/mol. The summed E-state index contributed by atoms with van der Waals surface area (Å²) >= 11 is 5.97. The minimum atomic E-state index is -0.544. The van der Waals surface area contributed by atoms with E-state index < -0.39 is 6.04 Å². The SMILES string of the molecule is O=C1CC([n+]2c[nH]c3ccccc32)C(=O)N1c1cccc(Cl)c1. The van der Waals surface area contributed by atoms with Crippen molar-refractivity contribution in [3.63, 3.8) is 0 Å². The third kappa shape index (κ3) is 2.21. The number of hydrogen-bond donors (Lipinski definition) is 1. The largest absolute Gasteiger partial charge is 0.279 e. The quantitative estimate of drug-likeness (QED) is 0.581. The Morgan fingerprint density at radius 3 is 2.78 bits per heavy atom. The molecule has 114 valence electrons. The first-order chi connectivity index (χ1) is 11.1. The molecule has 2 amide bonds. The van der Waals surface area contributed by atoms with Crippen LogP contribution in [0.5, 0.6) is 0 Å². The molecule has 1 atom stereocenters. The second-order valence-electron chi connectivity index (χ2n) is 5.47. The van der Waals surface area contributed by atoms with Gasteiger partial charge in [0.25, 0.3) is 5.91 Å². The number of benzene rings is 2. The lowest BCUT2D eigenvalue weighted by Gasteiger charge is -2.14. The highest BCUT2D eigenvalue weighted by atomic mass is 35.5. The van der Waals surface area contributed by atoms with Crippen molar-refractivity contribution >= 4 is 40.1 Å². The molecule has 3 aromatic rings. The molecule has 2 aromatic carbocycles. The molecule has 2 heterocycles. The monoisotopic (exact) mass is 326 g/mol. The molecule has 0 saturated carbocycles. The van der Waals surface area contributed by atoms with Gasteiger partial charge in [-0.25, -0.2) is 14.5 Å². The minimum Gasteiger partial charge on any atom is -0.274 e. The number of para-hydroxylation sites is 2. The Morgan fingerprint density at radius 2 is 1.96 bits per heavy atom. The van der Waals surface area contributed by atoms with E-state index >= 15 is 0 Å². The second kappa shape index (κ2) is 5.21. The fourth-order valence-electron chi connectivity index (χ4n) is 3.01. The zero-order valence-corrected chi connectivity index (χ0v) is 12.8. The van der Waals surface area contributed by atoms with E-state index in [4.69, 9.17) is 11.6 Å². The van der Waals surface area contributed by atoms with Gasteiger partial charge >= 0.3 is 0 Å². The topological polar surface area (TPSA) is 57.0 Å². The van der Waals surface area contributed by atoms with Crippen molar-refractivity contribution < 1.29 is 14.2 Å². The Bertz CT molecular complexity index is 934. The molecular weight excluding hydrogens is 314 g/mol. The van der Waals surface area contributed by atoms with Crippen molar-refractivity contribution in [1.82, 2.24) is 4.98 Å². The maximum absolute atomic E-state index is 12.8. The normalized spacial score (nSPS) is 18.1. The molecule has 1 aliphatic rings. The Morgan fingerprint density at radius 1 is 1.13 bits per heavy atom. The fourth-order valence-corrected chi connectivity index (χ4v) is 3.19. The summed E-state index contributed by atoms with van der Waals surface area (Å²) in [6, 6.07) is 13.9. The summed E-state index contributed by atoms with van der Waals surface area (Å²) in [4.78, 5) is 29.5. The molecule has 4 rings (SSSR count). The van der Waals surface area contributed by atoms with Crippen molar-refractivity contribution in [3.8, 4) is 0 Å². The molecule has 0 spiro atoms. The summed E-state index contributed by atoms with van der Waals surface area (Å²) < 4.78 is 1.82. The molecule has 5 nitrogen and oxygen atoms in total. The van der Waals surface area contributed by atoms with E-state index in [0.29, 0.717) is 10.7 Å². The molecule has 1 aromatic heterocycles. The number of aromatic nitrogens is 2. The molecule has 1 fully saturated rings. The number of carbonyl (C=O) groups excluding carboxylic acids is 2. The van der Waals surface area contributed by atoms with Crippen LogP contribution in [0.3, 0.4) is 0 Å². The highest BCUT2D eigenvalue weighted by Crippen LogP contribution is 2.29. The van der Waals surface area contributed by atoms with E-state index in [1.165, 1.54) is 4.90 Å². The van der Waals surface area contributed by atoms with E-state index in [2.05, 4.69) is 4.98 Å². The lowest BCUT2D eigenvalue weighted by Crippen LogP contribution is -2.43. The second-order valence-corrected chi connectivity index (χ2v) is 5.90. The summed E-state index contributed by atoms with van der Waals surface area (Å²) in [7, 11) is 0. The van der Waals surface area contributed by atoms with Gasteiger partial charge < -0.3 is 0 Å². The molecular formula is C17H13ClN3O2+. The van der Waals surface area contributed by atoms with E-state index in [-0.39, 0.29) is 18.2 Å². The highest BCUT2D eigenvalue weighted by Gasteiger charge is 2.44. The Hall–Kier alpha value is -2.66. The van der Waals surface area contributed by atoms with Gasteiger partial charge in [0.05, 0.1) is 12.1 Å². The summed E-state index contributed by atoms with van der Waals surface area (Å²) in [5.41, 5.74) is 2.33. The summed E-state index contributed by atoms with van der Waals surface area (Å²) in [5.74, 6) is -0.466. The first kappa shape index (κ1) is 14.0. The predicted molar refractivity (Wildman–Crippen MR) is 86.1 cm³/mol. The van der Waals surface area contributed by atoms with Gasteiger partial charge in [0, 0.05) is 5.02 Å². The van der Waals surface area contributed by atoms with Gasteiger partial charge in [-0.05, 0) is 30.3 Å². The van der Waals surface area contributed by atoms with Gasteiger partial charge in [-0.1, -0.05) is 29.8 Å². The van der Waals surface area contributed by atoms with Gasteiger partial charge in [-0.15, -0.1) is 0 Å². The van der Waals surface area contributed by atoms with Crippen LogP contribution >= 0.6 is 11.6 Å². The third-order valence-electron chi connectivity index (χ3n) is 4.07. The van der Waals surface area contributed by atoms with Gasteiger partial charge in [0.15, 0.2) is 17.1 Å². The molecule has 1 saturated heterocycles. The predicted octanol–water partition coefficient (Wildman–Crippen LogP) is 2.61. The number of H-pyrrole nitrogens is 1. The molecule has 0 bridgehead atoms. The molecule has 6 heteroatoms. The van der Waals surface area contributed by atoms with Gasteiger partial charge in [0.1, 0.15) is 0 Å². The number of anilines is 1. The number of amides is 2. The van der Waals surface area contributed by atoms with Crippen molar-refractivity contribution in [2.45, 2.75) is 12.5 Å². The Balaban J connectivity index is 1.75. The molecule has 1 N–H and O–H groups in total. The number of nitrogens with zero attached hydrogens (tertiary/aromatic N) is 2. The lowest BCUT2D eigenvalue weighted by atomic mass is 10.2. The summed E-state index contributed by atoms with van der Waals surface area (Å²) in [6.45, 7) is 0. The number of nitrogens with one attached hydrogen (secondary N) is 1. The average Bonchev–Trinajstić information content (AvgIpc) is 3.08. The maximum Gasteiger partial charge on any atom is 0.279 e. The minimum absolute atomic E-state index is 0.137. The van der Waals surface area contributed by atoms with Crippen LogP contribution in [0.2, 0.25) is 5.02 Å². The number of fused-ring (bicyclic) bond motifs is 1. The van der Waals surface area contributed by atoms with Crippen LogP contribution in [0.15, 0.2) is 54.9 Å². The third-order valence-corrected chi connectivity index (χ3v) is 4.30. The highest BCUT2D eigenvalue weighted by molar-refractivity contribution is 6.31. The first-order valence-corrected chi connectivity index (χ1v) is 7.62. The van der Waals surface area contributed by atoms with Crippen LogP contribution in [-0.2, 0) is 9.59 Å². The van der Waals surface area contributed by atoms with Crippen LogP contribution < -0.4 is 9.47 Å². The number of imidazole rings is 1. The lowest BCUT2D eigenvalue weighted by molar-refractivity contribution is -0.681. The van der Waals surface area contributed by atoms with E-state index in [9.17, 15) is 9.59 Å². The van der Waals surface area contributed by atoms with E-state index in [0.717, 1.165) is 11.0 Å². The molecule has 23 heavy (non-hydrogen) atoms. The van der Waals surface area contributed by atoms with Crippen LogP contribution in [0.1, 0.15) is 12.5 Å². The van der Waals surface area contributed by atoms with Gasteiger partial charge in [0.2, 0.25) is 12.2 Å². The number of rotatable bonds is 2. The number of carbonyl (C=O) groups is 2. The van der Waals surface area contributed by atoms with E-state index in [1.807, 2.05) is 28.8 Å². The zero-order valence-electron chi connectivity index (χ0n) is 12.1. The van der Waals surface area contributed by atoms with Gasteiger partial charge in [-0.3, -0.25) is 9.59 Å². The van der Waals surface area contributed by atoms with Crippen LogP contribution in [-0.4, -0.2) is 16.8 Å². The summed E-state index contributed by atoms with van der Waals surface area (Å²) in [6.07, 6.45) is 1.87. The van der Waals surface area contributed by atoms with Gasteiger partial charge in [-0.2, -0.15) is 0 Å². The zero-order chi connectivity index (χ0) is 16.0. The van der Waals surface area contributed by atoms with Crippen LogP contribution in [0.4, 0.5) is 5.69 Å². The Labute approximate surface area is 137 Å². The maximum atomic E-state index is 12.8. The van der Waals surface area contributed by atoms with E-state index in [1.54, 1.807) is 30.6 Å². The van der Waals surface area contributed by atoms with Crippen molar-refractivity contribution in [2.75, 3.05) is 4.90 Å². The molecule has 0 aliphatic carbocycles. The molecule has 1 unspecified atom stereocenters. The van der Waals surface area contributed by atoms with Crippen LogP contribution in [0.25, 0.3) is 11.0 Å². The molecule has 0 radical (unpaired) electrons. The first-order valence-electron chi connectivity index (χ1n) is 7.25. The van der Waals surface area contributed by atoms with Crippen molar-refractivity contribution in [1.29, 1.82) is 0 Å². The summed E-state index contributed by atoms with van der Waals surface area (Å²) in [5, 5.41) is 0.492. The fraction of sp³-hybridized carbons (Fsp3) is 0.118. The smallest absolute Gasteiger partial charge is 0.274 e.